The molecule has 0 saturated carbocycles. The lowest BCUT2D eigenvalue weighted by Gasteiger charge is -2.12. The van der Waals surface area contributed by atoms with Gasteiger partial charge in [-0.3, -0.25) is 0 Å². The molecule has 0 aliphatic heterocycles. The van der Waals surface area contributed by atoms with E-state index in [1.54, 1.807) is 12.1 Å². The maximum absolute atomic E-state index is 5.88. The number of hydrogen-bond acceptors (Lipinski definition) is 7. The summed E-state index contributed by atoms with van der Waals surface area (Å²) >= 11 is 0. The van der Waals surface area contributed by atoms with E-state index in [9.17, 15) is 0 Å². The summed E-state index contributed by atoms with van der Waals surface area (Å²) in [7, 11) is 0. The highest BCUT2D eigenvalue weighted by Crippen LogP contribution is 2.28. The number of ether oxygens (including phenoxy) is 3. The lowest BCUT2D eigenvalue weighted by Crippen LogP contribution is -2.12. The van der Waals surface area contributed by atoms with Gasteiger partial charge >= 0.3 is 0 Å². The van der Waals surface area contributed by atoms with Gasteiger partial charge in [0.15, 0.2) is 0 Å². The smallest absolute Gasteiger partial charge is 0.128 e. The first-order valence-electron chi connectivity index (χ1n) is 9.76. The minimum Gasteiger partial charge on any atom is -0.490 e. The lowest BCUT2D eigenvalue weighted by molar-refractivity contribution is 0.0771. The number of anilines is 2. The van der Waals surface area contributed by atoms with Crippen LogP contribution >= 0.6 is 0 Å². The van der Waals surface area contributed by atoms with Crippen LogP contribution < -0.4 is 20.9 Å². The SMILES string of the molecule is Cc1ccc(OCCOCCOc2cccc3nc(N)ccc23)c2ccc(N)nc12. The Hall–Kier alpha value is -3.58. The second-order valence-electron chi connectivity index (χ2n) is 6.88. The van der Waals surface area contributed by atoms with Gasteiger partial charge in [0.25, 0.3) is 0 Å². The number of aryl methyl sites for hydroxylation is 1. The van der Waals surface area contributed by atoms with Gasteiger partial charge in [-0.15, -0.1) is 0 Å². The summed E-state index contributed by atoms with van der Waals surface area (Å²) in [5.41, 5.74) is 14.3. The zero-order valence-electron chi connectivity index (χ0n) is 16.8. The largest absolute Gasteiger partial charge is 0.490 e. The molecule has 0 spiro atoms. The summed E-state index contributed by atoms with van der Waals surface area (Å²) in [5.74, 6) is 2.52. The Kier molecular flexibility index (Phi) is 5.81. The van der Waals surface area contributed by atoms with Crippen molar-refractivity contribution < 1.29 is 14.2 Å². The Balaban J connectivity index is 1.25. The van der Waals surface area contributed by atoms with E-state index >= 15 is 0 Å². The number of nitrogen functional groups attached to an aromatic ring is 2. The van der Waals surface area contributed by atoms with E-state index in [0.717, 1.165) is 38.9 Å². The third kappa shape index (κ3) is 4.36. The average Bonchev–Trinajstić information content (AvgIpc) is 2.74. The maximum atomic E-state index is 5.88. The molecule has 0 aliphatic rings. The normalized spacial score (nSPS) is 11.1. The number of nitrogens with two attached hydrogens (primary N) is 2. The van der Waals surface area contributed by atoms with E-state index in [2.05, 4.69) is 9.97 Å². The highest BCUT2D eigenvalue weighted by molar-refractivity contribution is 5.89. The number of benzene rings is 2. The maximum Gasteiger partial charge on any atom is 0.128 e. The average molecular weight is 404 g/mol. The fraction of sp³-hybridized carbons (Fsp3) is 0.217. The number of nitrogens with zero attached hydrogens (tertiary/aromatic N) is 2. The van der Waals surface area contributed by atoms with Crippen LogP contribution in [-0.4, -0.2) is 36.4 Å². The van der Waals surface area contributed by atoms with Crippen LogP contribution in [0.4, 0.5) is 11.6 Å². The predicted molar refractivity (Wildman–Crippen MR) is 119 cm³/mol. The van der Waals surface area contributed by atoms with Gasteiger partial charge < -0.3 is 25.7 Å². The fourth-order valence-corrected chi connectivity index (χ4v) is 3.26. The lowest BCUT2D eigenvalue weighted by atomic mass is 10.1. The topological polar surface area (TPSA) is 106 Å². The molecule has 0 unspecified atom stereocenters. The highest BCUT2D eigenvalue weighted by Gasteiger charge is 2.07. The molecule has 0 fully saturated rings. The van der Waals surface area contributed by atoms with Crippen molar-refractivity contribution in [1.29, 1.82) is 0 Å². The summed E-state index contributed by atoms with van der Waals surface area (Å²) in [6, 6.07) is 17.0. The summed E-state index contributed by atoms with van der Waals surface area (Å²) in [5, 5.41) is 1.87. The molecular weight excluding hydrogens is 380 g/mol. The zero-order chi connectivity index (χ0) is 20.9. The van der Waals surface area contributed by atoms with Crippen molar-refractivity contribution in [2.24, 2.45) is 0 Å². The molecule has 7 nitrogen and oxygen atoms in total. The van der Waals surface area contributed by atoms with Crippen LogP contribution in [0.1, 0.15) is 5.56 Å². The van der Waals surface area contributed by atoms with Crippen LogP contribution in [-0.2, 0) is 4.74 Å². The van der Waals surface area contributed by atoms with E-state index in [-0.39, 0.29) is 0 Å². The van der Waals surface area contributed by atoms with Gasteiger partial charge in [0.2, 0.25) is 0 Å². The van der Waals surface area contributed by atoms with Gasteiger partial charge in [-0.25, -0.2) is 9.97 Å². The molecular formula is C23H24N4O3. The first-order chi connectivity index (χ1) is 14.6. The molecule has 0 bridgehead atoms. The number of hydrogen-bond donors (Lipinski definition) is 2. The summed E-state index contributed by atoms with van der Waals surface area (Å²) < 4.78 is 17.4. The molecule has 2 aromatic heterocycles. The van der Waals surface area contributed by atoms with Crippen LogP contribution in [0.5, 0.6) is 11.5 Å². The molecule has 0 aliphatic carbocycles. The van der Waals surface area contributed by atoms with Gasteiger partial charge in [-0.05, 0) is 55.0 Å². The quantitative estimate of drug-likeness (QED) is 0.431. The van der Waals surface area contributed by atoms with E-state index < -0.39 is 0 Å². The van der Waals surface area contributed by atoms with Gasteiger partial charge in [-0.2, -0.15) is 0 Å². The van der Waals surface area contributed by atoms with Gasteiger partial charge in [0.1, 0.15) is 36.3 Å². The van der Waals surface area contributed by atoms with Crippen molar-refractivity contribution in [3.05, 3.63) is 60.2 Å². The van der Waals surface area contributed by atoms with Crippen LogP contribution in [0.25, 0.3) is 21.8 Å². The number of pyridine rings is 2. The Morgan fingerprint density at radius 3 is 2.13 bits per heavy atom. The van der Waals surface area contributed by atoms with Gasteiger partial charge in [0.05, 0.1) is 24.2 Å². The van der Waals surface area contributed by atoms with Crippen LogP contribution in [0, 0.1) is 6.92 Å². The number of aromatic nitrogens is 2. The molecule has 0 amide bonds. The fourth-order valence-electron chi connectivity index (χ4n) is 3.26. The predicted octanol–water partition coefficient (Wildman–Crippen LogP) is 3.73. The monoisotopic (exact) mass is 404 g/mol. The van der Waals surface area contributed by atoms with Gasteiger partial charge in [0, 0.05) is 10.8 Å². The van der Waals surface area contributed by atoms with Crippen molar-refractivity contribution in [2.75, 3.05) is 37.9 Å². The van der Waals surface area contributed by atoms with Crippen molar-refractivity contribution in [1.82, 2.24) is 9.97 Å². The molecule has 154 valence electrons. The first-order valence-corrected chi connectivity index (χ1v) is 9.76. The zero-order valence-corrected chi connectivity index (χ0v) is 16.8. The van der Waals surface area contributed by atoms with E-state index in [4.69, 9.17) is 25.7 Å². The third-order valence-electron chi connectivity index (χ3n) is 4.72. The van der Waals surface area contributed by atoms with E-state index in [0.29, 0.717) is 38.1 Å². The summed E-state index contributed by atoms with van der Waals surface area (Å²) in [4.78, 5) is 8.70. The standard InChI is InChI=1S/C23H24N4O3/c1-15-5-8-20(17-7-10-22(25)27-23(15)17)30-14-12-28-11-13-29-19-4-2-3-18-16(19)6-9-21(24)26-18/h2-10H,11-14H2,1H3,(H2,24,26)(H2,25,27). The molecule has 0 saturated heterocycles. The summed E-state index contributed by atoms with van der Waals surface area (Å²) in [6.45, 7) is 3.77. The molecule has 2 aromatic carbocycles. The molecule has 4 N–H and O–H groups in total. The minimum absolute atomic E-state index is 0.431. The van der Waals surface area contributed by atoms with Gasteiger partial charge in [-0.1, -0.05) is 12.1 Å². The number of rotatable bonds is 8. The van der Waals surface area contributed by atoms with E-state index in [1.165, 1.54) is 0 Å². The molecule has 4 rings (SSSR count). The Bertz CT molecular complexity index is 1180. The minimum atomic E-state index is 0.431. The Morgan fingerprint density at radius 1 is 0.700 bits per heavy atom. The van der Waals surface area contributed by atoms with Crippen molar-refractivity contribution in [2.45, 2.75) is 6.92 Å². The second kappa shape index (κ2) is 8.84. The van der Waals surface area contributed by atoms with E-state index in [1.807, 2.05) is 49.4 Å². The molecule has 30 heavy (non-hydrogen) atoms. The third-order valence-corrected chi connectivity index (χ3v) is 4.72. The van der Waals surface area contributed by atoms with Crippen LogP contribution in [0.3, 0.4) is 0 Å². The van der Waals surface area contributed by atoms with Crippen molar-refractivity contribution in [3.63, 3.8) is 0 Å². The van der Waals surface area contributed by atoms with Crippen LogP contribution in [0.15, 0.2) is 54.6 Å². The summed E-state index contributed by atoms with van der Waals surface area (Å²) in [6.07, 6.45) is 0. The molecule has 0 atom stereocenters. The van der Waals surface area contributed by atoms with Crippen LogP contribution in [0.2, 0.25) is 0 Å². The van der Waals surface area contributed by atoms with Crippen molar-refractivity contribution >= 4 is 33.4 Å². The molecule has 0 radical (unpaired) electrons. The molecule has 7 heteroatoms. The Morgan fingerprint density at radius 2 is 1.37 bits per heavy atom. The van der Waals surface area contributed by atoms with Crippen molar-refractivity contribution in [3.8, 4) is 11.5 Å². The molecule has 2 heterocycles. The first kappa shape index (κ1) is 19.7. The molecule has 4 aromatic rings. The second-order valence-corrected chi connectivity index (χ2v) is 6.88. The number of fused-ring (bicyclic) bond motifs is 2. The Labute approximate surface area is 174 Å². The highest BCUT2D eigenvalue weighted by atomic mass is 16.5.